The van der Waals surface area contributed by atoms with E-state index in [1.807, 2.05) is 0 Å². The van der Waals surface area contributed by atoms with Crippen LogP contribution in [0.2, 0.25) is 0 Å². The summed E-state index contributed by atoms with van der Waals surface area (Å²) in [6, 6.07) is 7.52. The largest absolute Gasteiger partial charge is 0.365 e. The monoisotopic (exact) mass is 402 g/mol. The van der Waals surface area contributed by atoms with Gasteiger partial charge in [0.05, 0.1) is 12.2 Å². The number of nitrogens with one attached hydrogen (secondary N) is 1. The van der Waals surface area contributed by atoms with Gasteiger partial charge in [0.25, 0.3) is 0 Å². The van der Waals surface area contributed by atoms with Crippen LogP contribution in [0.5, 0.6) is 0 Å². The predicted molar refractivity (Wildman–Crippen MR) is 127 cm³/mol. The Morgan fingerprint density at radius 3 is 2.97 bits per heavy atom. The van der Waals surface area contributed by atoms with Crippen LogP contribution in [-0.2, 0) is 6.42 Å². The van der Waals surface area contributed by atoms with Crippen molar-refractivity contribution in [3.05, 3.63) is 58.9 Å². The summed E-state index contributed by atoms with van der Waals surface area (Å²) in [6.07, 6.45) is 10.5. The zero-order chi connectivity index (χ0) is 20.7. The first-order chi connectivity index (χ1) is 14.6. The average molecular weight is 403 g/mol. The third kappa shape index (κ3) is 3.62. The predicted octanol–water partition coefficient (Wildman–Crippen LogP) is 4.89. The molecular weight excluding hydrogens is 368 g/mol. The molecule has 3 aliphatic heterocycles. The lowest BCUT2D eigenvalue weighted by Gasteiger charge is -2.36. The van der Waals surface area contributed by atoms with Gasteiger partial charge in [0.2, 0.25) is 0 Å². The third-order valence-electron chi connectivity index (χ3n) is 7.36. The molecular formula is C26H34N4. The molecule has 1 atom stereocenters. The third-order valence-corrected chi connectivity index (χ3v) is 7.36. The summed E-state index contributed by atoms with van der Waals surface area (Å²) in [6.45, 7) is 9.74. The fourth-order valence-electron chi connectivity index (χ4n) is 5.65. The van der Waals surface area contributed by atoms with Crippen LogP contribution in [0.4, 0.5) is 5.69 Å². The van der Waals surface area contributed by atoms with Gasteiger partial charge in [0.1, 0.15) is 5.84 Å². The zero-order valence-electron chi connectivity index (χ0n) is 18.5. The van der Waals surface area contributed by atoms with Gasteiger partial charge in [-0.25, -0.2) is 4.99 Å². The standard InChI is InChI=1S/C26H34N4/c1-18-7-4-8-20-9-5-11-24(26(18)20)30-16-14-22-19(2)27-25(28-23(22)17-30)13-12-21-10-6-15-29(21)3/h5,7,9,11,21H,2,4,6,8,10,12-17H2,1,3H3,(H,27,28)/t21-/m0/s1. The molecule has 1 aromatic rings. The number of aryl methyl sites for hydroxylation is 1. The fourth-order valence-corrected chi connectivity index (χ4v) is 5.65. The second-order valence-corrected chi connectivity index (χ2v) is 9.31. The zero-order valence-corrected chi connectivity index (χ0v) is 18.5. The minimum atomic E-state index is 0.701. The van der Waals surface area contributed by atoms with Crippen molar-refractivity contribution in [2.24, 2.45) is 4.99 Å². The van der Waals surface area contributed by atoms with Crippen LogP contribution in [0.3, 0.4) is 0 Å². The molecule has 1 saturated heterocycles. The van der Waals surface area contributed by atoms with Crippen molar-refractivity contribution >= 4 is 17.1 Å². The molecule has 4 heteroatoms. The van der Waals surface area contributed by atoms with Gasteiger partial charge in [0, 0.05) is 41.5 Å². The summed E-state index contributed by atoms with van der Waals surface area (Å²) in [5.41, 5.74) is 9.36. The maximum Gasteiger partial charge on any atom is 0.106 e. The van der Waals surface area contributed by atoms with E-state index in [1.165, 1.54) is 59.5 Å². The highest BCUT2D eigenvalue weighted by Crippen LogP contribution is 2.37. The molecule has 0 unspecified atom stereocenters. The van der Waals surface area contributed by atoms with E-state index in [2.05, 4.69) is 59.9 Å². The molecule has 4 aliphatic rings. The van der Waals surface area contributed by atoms with E-state index in [1.54, 1.807) is 0 Å². The fraction of sp³-hybridized carbons (Fsp3) is 0.500. The van der Waals surface area contributed by atoms with Gasteiger partial charge in [-0.05, 0) is 76.2 Å². The van der Waals surface area contributed by atoms with Crippen molar-refractivity contribution in [2.75, 3.05) is 31.6 Å². The quantitative estimate of drug-likeness (QED) is 0.778. The minimum absolute atomic E-state index is 0.701. The Balaban J connectivity index is 1.36. The first-order valence-corrected chi connectivity index (χ1v) is 11.6. The van der Waals surface area contributed by atoms with Crippen LogP contribution >= 0.6 is 0 Å². The molecule has 0 saturated carbocycles. The van der Waals surface area contributed by atoms with E-state index in [0.29, 0.717) is 6.04 Å². The van der Waals surface area contributed by atoms with Crippen molar-refractivity contribution < 1.29 is 0 Å². The number of fused-ring (bicyclic) bond motifs is 1. The molecule has 1 fully saturated rings. The summed E-state index contributed by atoms with van der Waals surface area (Å²) in [5, 5.41) is 3.52. The lowest BCUT2D eigenvalue weighted by Crippen LogP contribution is -2.38. The first-order valence-electron chi connectivity index (χ1n) is 11.6. The van der Waals surface area contributed by atoms with Crippen molar-refractivity contribution in [1.29, 1.82) is 0 Å². The Hall–Kier alpha value is -2.33. The molecule has 1 N–H and O–H groups in total. The highest BCUT2D eigenvalue weighted by Gasteiger charge is 2.28. The van der Waals surface area contributed by atoms with E-state index < -0.39 is 0 Å². The number of rotatable bonds is 4. The second-order valence-electron chi connectivity index (χ2n) is 9.31. The Kier molecular flexibility index (Phi) is 5.28. The van der Waals surface area contributed by atoms with Gasteiger partial charge >= 0.3 is 0 Å². The molecule has 0 aromatic heterocycles. The van der Waals surface area contributed by atoms with Crippen LogP contribution in [0, 0.1) is 0 Å². The Bertz CT molecular complexity index is 952. The van der Waals surface area contributed by atoms with E-state index in [-0.39, 0.29) is 0 Å². The number of likely N-dealkylation sites (tertiary alicyclic amines) is 1. The number of allylic oxidation sites excluding steroid dienone is 3. The summed E-state index contributed by atoms with van der Waals surface area (Å²) >= 11 is 0. The molecule has 1 aliphatic carbocycles. The Labute approximate surface area is 181 Å². The van der Waals surface area contributed by atoms with Gasteiger partial charge in [-0.1, -0.05) is 24.8 Å². The Morgan fingerprint density at radius 2 is 2.13 bits per heavy atom. The number of aliphatic imine (C=N–C) groups is 1. The number of hydrogen-bond donors (Lipinski definition) is 1. The molecule has 30 heavy (non-hydrogen) atoms. The van der Waals surface area contributed by atoms with Crippen LogP contribution in [0.1, 0.15) is 56.6 Å². The number of benzene rings is 1. The smallest absolute Gasteiger partial charge is 0.106 e. The first kappa shape index (κ1) is 19.6. The van der Waals surface area contributed by atoms with E-state index in [0.717, 1.165) is 50.3 Å². The maximum absolute atomic E-state index is 5.10. The van der Waals surface area contributed by atoms with Crippen LogP contribution < -0.4 is 10.2 Å². The molecule has 0 amide bonds. The molecule has 4 nitrogen and oxygen atoms in total. The molecule has 3 heterocycles. The maximum atomic E-state index is 5.10. The highest BCUT2D eigenvalue weighted by molar-refractivity contribution is 5.87. The lowest BCUT2D eigenvalue weighted by molar-refractivity contribution is 0.299. The van der Waals surface area contributed by atoms with Crippen LogP contribution in [0.25, 0.3) is 5.57 Å². The molecule has 5 rings (SSSR count). The Morgan fingerprint density at radius 1 is 1.23 bits per heavy atom. The van der Waals surface area contributed by atoms with Crippen LogP contribution in [0.15, 0.2) is 52.8 Å². The SMILES string of the molecule is C=C1NC(CC[C@@H]2CCCN2C)=NC2=C1CCN(c1cccc3c1C(C)=CCC3)C2. The van der Waals surface area contributed by atoms with Crippen LogP contribution in [-0.4, -0.2) is 43.5 Å². The summed E-state index contributed by atoms with van der Waals surface area (Å²) < 4.78 is 0. The van der Waals surface area contributed by atoms with E-state index >= 15 is 0 Å². The summed E-state index contributed by atoms with van der Waals surface area (Å²) in [7, 11) is 2.25. The lowest BCUT2D eigenvalue weighted by atomic mass is 9.89. The molecule has 0 bridgehead atoms. The number of amidine groups is 1. The highest BCUT2D eigenvalue weighted by atomic mass is 15.2. The summed E-state index contributed by atoms with van der Waals surface area (Å²) in [5.74, 6) is 1.10. The van der Waals surface area contributed by atoms with Gasteiger partial charge in [-0.2, -0.15) is 0 Å². The molecule has 0 spiro atoms. The number of hydrogen-bond acceptors (Lipinski definition) is 4. The molecule has 0 radical (unpaired) electrons. The van der Waals surface area contributed by atoms with Crippen molar-refractivity contribution in [3.8, 4) is 0 Å². The average Bonchev–Trinajstić information content (AvgIpc) is 3.16. The molecule has 158 valence electrons. The van der Waals surface area contributed by atoms with E-state index in [9.17, 15) is 0 Å². The van der Waals surface area contributed by atoms with Crippen molar-refractivity contribution in [2.45, 2.75) is 57.9 Å². The van der Waals surface area contributed by atoms with Gasteiger partial charge < -0.3 is 15.1 Å². The van der Waals surface area contributed by atoms with Gasteiger partial charge in [-0.15, -0.1) is 0 Å². The molecule has 1 aromatic carbocycles. The van der Waals surface area contributed by atoms with E-state index in [4.69, 9.17) is 4.99 Å². The van der Waals surface area contributed by atoms with Gasteiger partial charge in [-0.3, -0.25) is 0 Å². The topological polar surface area (TPSA) is 30.9 Å². The number of anilines is 1. The minimum Gasteiger partial charge on any atom is -0.365 e. The summed E-state index contributed by atoms with van der Waals surface area (Å²) in [4.78, 5) is 10.1. The number of nitrogens with zero attached hydrogens (tertiary/aromatic N) is 3. The second kappa shape index (κ2) is 8.07. The van der Waals surface area contributed by atoms with Crippen molar-refractivity contribution in [1.82, 2.24) is 10.2 Å². The normalized spacial score (nSPS) is 24.3. The van der Waals surface area contributed by atoms with Gasteiger partial charge in [0.15, 0.2) is 0 Å². The van der Waals surface area contributed by atoms with Crippen molar-refractivity contribution in [3.63, 3.8) is 0 Å².